The third-order valence-corrected chi connectivity index (χ3v) is 3.94. The molecule has 1 N–H and O–H groups in total. The van der Waals surface area contributed by atoms with Crippen LogP contribution in [0.5, 0.6) is 5.75 Å². The van der Waals surface area contributed by atoms with E-state index >= 15 is 0 Å². The molecule has 1 aromatic carbocycles. The van der Waals surface area contributed by atoms with Crippen molar-refractivity contribution in [3.05, 3.63) is 66.6 Å². The first-order chi connectivity index (χ1) is 12.8. The molecule has 4 aromatic rings. The quantitative estimate of drug-likeness (QED) is 0.538. The summed E-state index contributed by atoms with van der Waals surface area (Å²) in [6, 6.07) is 14.5. The molecule has 0 bridgehead atoms. The maximum absolute atomic E-state index is 9.34. The normalized spacial score (nSPS) is 11.5. The number of aliphatic hydroxyl groups is 1. The van der Waals surface area contributed by atoms with Gasteiger partial charge in [-0.2, -0.15) is 0 Å². The summed E-state index contributed by atoms with van der Waals surface area (Å²) < 4.78 is 12.4. The summed E-state index contributed by atoms with van der Waals surface area (Å²) in [7, 11) is 1.62. The largest absolute Gasteiger partial charge is 0.497 e. The van der Waals surface area contributed by atoms with Crippen LogP contribution in [0.2, 0.25) is 0 Å². The Morgan fingerprint density at radius 2 is 2.00 bits per heavy atom. The molecule has 7 heteroatoms. The number of fused-ring (bicyclic) bond motifs is 1. The molecule has 0 unspecified atom stereocenters. The van der Waals surface area contributed by atoms with Gasteiger partial charge in [0.2, 0.25) is 0 Å². The van der Waals surface area contributed by atoms with Crippen LogP contribution in [0.15, 0.2) is 75.6 Å². The lowest BCUT2D eigenvalue weighted by Gasteiger charge is -2.00. The average molecular weight is 348 g/mol. The number of benzene rings is 1. The Morgan fingerprint density at radius 1 is 1.15 bits per heavy atom. The van der Waals surface area contributed by atoms with E-state index in [1.165, 1.54) is 0 Å². The second kappa shape index (κ2) is 6.81. The molecule has 0 saturated carbocycles. The van der Waals surface area contributed by atoms with E-state index in [2.05, 4.69) is 15.2 Å². The van der Waals surface area contributed by atoms with Gasteiger partial charge in [0.1, 0.15) is 11.4 Å². The van der Waals surface area contributed by atoms with Crippen molar-refractivity contribution in [2.45, 2.75) is 6.61 Å². The number of rotatable bonds is 5. The first-order valence-electron chi connectivity index (χ1n) is 8.00. The van der Waals surface area contributed by atoms with Crippen molar-refractivity contribution in [2.24, 2.45) is 10.2 Å². The second-order valence-corrected chi connectivity index (χ2v) is 5.58. The fraction of sp³-hybridized carbons (Fsp3) is 0.105. The molecule has 7 nitrogen and oxygen atoms in total. The maximum atomic E-state index is 9.34. The van der Waals surface area contributed by atoms with Gasteiger partial charge in [-0.25, -0.2) is 4.98 Å². The van der Waals surface area contributed by atoms with E-state index in [4.69, 9.17) is 9.15 Å². The fourth-order valence-electron chi connectivity index (χ4n) is 2.60. The molecule has 0 aliphatic carbocycles. The van der Waals surface area contributed by atoms with Gasteiger partial charge < -0.3 is 14.3 Å². The van der Waals surface area contributed by atoms with Crippen molar-refractivity contribution in [3.63, 3.8) is 0 Å². The van der Waals surface area contributed by atoms with E-state index in [0.717, 1.165) is 11.3 Å². The zero-order valence-electron chi connectivity index (χ0n) is 14.0. The molecule has 3 aromatic heterocycles. The van der Waals surface area contributed by atoms with Crippen molar-refractivity contribution in [1.82, 2.24) is 9.38 Å². The highest BCUT2D eigenvalue weighted by atomic mass is 16.5. The zero-order valence-corrected chi connectivity index (χ0v) is 14.0. The summed E-state index contributed by atoms with van der Waals surface area (Å²) in [6.07, 6.45) is 3.39. The standard InChI is InChI=1S/C19H16N4O3/c1-25-15-6-4-14(5-7-15)21-22-19-18(16-3-2-10-26-16)20-17-11-13(12-24)8-9-23(17)19/h2-11,24H,12H2,1H3. The first kappa shape index (κ1) is 16.0. The summed E-state index contributed by atoms with van der Waals surface area (Å²) in [5.41, 5.74) is 2.71. The first-order valence-corrected chi connectivity index (χ1v) is 8.00. The minimum atomic E-state index is -0.0534. The molecule has 0 aliphatic rings. The predicted molar refractivity (Wildman–Crippen MR) is 96.0 cm³/mol. The maximum Gasteiger partial charge on any atom is 0.190 e. The average Bonchev–Trinajstić information content (AvgIpc) is 3.33. The van der Waals surface area contributed by atoms with Crippen molar-refractivity contribution >= 4 is 17.2 Å². The van der Waals surface area contributed by atoms with Crippen LogP contribution < -0.4 is 4.74 Å². The number of pyridine rings is 1. The number of azo groups is 1. The second-order valence-electron chi connectivity index (χ2n) is 5.58. The summed E-state index contributed by atoms with van der Waals surface area (Å²) in [5, 5.41) is 18.0. The number of imidazole rings is 1. The van der Waals surface area contributed by atoms with E-state index in [-0.39, 0.29) is 6.61 Å². The van der Waals surface area contributed by atoms with Gasteiger partial charge in [0.05, 0.1) is 25.7 Å². The van der Waals surface area contributed by atoms with E-state index in [0.29, 0.717) is 28.6 Å². The number of furan rings is 1. The van der Waals surface area contributed by atoms with Crippen molar-refractivity contribution in [2.75, 3.05) is 7.11 Å². The summed E-state index contributed by atoms with van der Waals surface area (Å²) in [4.78, 5) is 4.59. The van der Waals surface area contributed by atoms with E-state index in [1.807, 2.05) is 47.0 Å². The number of aromatic nitrogens is 2. The zero-order chi connectivity index (χ0) is 17.9. The monoisotopic (exact) mass is 348 g/mol. The Morgan fingerprint density at radius 3 is 2.69 bits per heavy atom. The molecule has 3 heterocycles. The lowest BCUT2D eigenvalue weighted by molar-refractivity contribution is 0.282. The molecule has 0 atom stereocenters. The number of nitrogens with zero attached hydrogens (tertiary/aromatic N) is 4. The molecular weight excluding hydrogens is 332 g/mol. The molecule has 0 amide bonds. The molecule has 130 valence electrons. The Hall–Kier alpha value is -3.45. The Kier molecular flexibility index (Phi) is 4.20. The van der Waals surface area contributed by atoms with Crippen LogP contribution in [0.3, 0.4) is 0 Å². The molecule has 0 radical (unpaired) electrons. The molecule has 0 spiro atoms. The SMILES string of the molecule is COc1ccc(N=Nc2c(-c3ccco3)nc3cc(CO)ccn23)cc1. The third-order valence-electron chi connectivity index (χ3n) is 3.94. The Bertz CT molecular complexity index is 1050. The van der Waals surface area contributed by atoms with Gasteiger partial charge in [-0.1, -0.05) is 0 Å². The Labute approximate surface area is 149 Å². The van der Waals surface area contributed by atoms with E-state index in [9.17, 15) is 5.11 Å². The fourth-order valence-corrected chi connectivity index (χ4v) is 2.60. The van der Waals surface area contributed by atoms with Crippen LogP contribution in [0, 0.1) is 0 Å². The van der Waals surface area contributed by atoms with Gasteiger partial charge in [-0.15, -0.1) is 10.2 Å². The van der Waals surface area contributed by atoms with E-state index < -0.39 is 0 Å². The molecule has 26 heavy (non-hydrogen) atoms. The van der Waals surface area contributed by atoms with Crippen LogP contribution in [0.4, 0.5) is 11.5 Å². The third kappa shape index (κ3) is 2.96. The minimum absolute atomic E-state index is 0.0534. The molecular formula is C19H16N4O3. The van der Waals surface area contributed by atoms with Gasteiger partial charge in [0.15, 0.2) is 17.3 Å². The Balaban J connectivity index is 1.80. The highest BCUT2D eigenvalue weighted by Crippen LogP contribution is 2.33. The van der Waals surface area contributed by atoms with Crippen LogP contribution >= 0.6 is 0 Å². The summed E-state index contributed by atoms with van der Waals surface area (Å²) >= 11 is 0. The smallest absolute Gasteiger partial charge is 0.190 e. The summed E-state index contributed by atoms with van der Waals surface area (Å²) in [6.45, 7) is -0.0534. The summed E-state index contributed by atoms with van der Waals surface area (Å²) in [5.74, 6) is 1.91. The van der Waals surface area contributed by atoms with Gasteiger partial charge in [0, 0.05) is 6.20 Å². The van der Waals surface area contributed by atoms with E-state index in [1.54, 1.807) is 25.5 Å². The van der Waals surface area contributed by atoms with Gasteiger partial charge >= 0.3 is 0 Å². The number of ether oxygens (including phenoxy) is 1. The minimum Gasteiger partial charge on any atom is -0.497 e. The number of hydrogen-bond donors (Lipinski definition) is 1. The van der Waals surface area contributed by atoms with Crippen LogP contribution in [-0.4, -0.2) is 21.6 Å². The highest BCUT2D eigenvalue weighted by Gasteiger charge is 2.16. The molecule has 0 fully saturated rings. The molecule has 0 saturated heterocycles. The highest BCUT2D eigenvalue weighted by molar-refractivity contribution is 5.71. The number of aliphatic hydroxyl groups excluding tert-OH is 1. The van der Waals surface area contributed by atoms with Crippen molar-refractivity contribution < 1.29 is 14.3 Å². The number of methoxy groups -OCH3 is 1. The van der Waals surface area contributed by atoms with Crippen LogP contribution in [0.25, 0.3) is 17.1 Å². The van der Waals surface area contributed by atoms with Crippen molar-refractivity contribution in [3.8, 4) is 17.2 Å². The van der Waals surface area contributed by atoms with Crippen LogP contribution in [0.1, 0.15) is 5.56 Å². The topological polar surface area (TPSA) is 84.6 Å². The number of hydrogen-bond acceptors (Lipinski definition) is 6. The predicted octanol–water partition coefficient (Wildman–Crippen LogP) is 4.51. The van der Waals surface area contributed by atoms with Crippen LogP contribution in [-0.2, 0) is 6.61 Å². The lowest BCUT2D eigenvalue weighted by Crippen LogP contribution is -1.88. The van der Waals surface area contributed by atoms with Gasteiger partial charge in [0.25, 0.3) is 0 Å². The molecule has 4 rings (SSSR count). The van der Waals surface area contributed by atoms with Gasteiger partial charge in [-0.3, -0.25) is 4.40 Å². The lowest BCUT2D eigenvalue weighted by atomic mass is 10.3. The van der Waals surface area contributed by atoms with Crippen molar-refractivity contribution in [1.29, 1.82) is 0 Å². The molecule has 0 aliphatic heterocycles. The van der Waals surface area contributed by atoms with Gasteiger partial charge in [-0.05, 0) is 54.1 Å².